The van der Waals surface area contributed by atoms with E-state index in [2.05, 4.69) is 32.6 Å². The molecule has 0 aliphatic rings. The Bertz CT molecular complexity index is 1110. The van der Waals surface area contributed by atoms with Gasteiger partial charge in [-0.15, -0.1) is 17.9 Å². The number of benzene rings is 2. The van der Waals surface area contributed by atoms with Gasteiger partial charge in [0.2, 0.25) is 4.80 Å². The molecule has 144 valence electrons. The Morgan fingerprint density at radius 1 is 1.36 bits per heavy atom. The molecule has 1 aromatic heterocycles. The minimum Gasteiger partial charge on any atom is -0.503 e. The molecule has 0 spiro atoms. The van der Waals surface area contributed by atoms with Crippen molar-refractivity contribution < 1.29 is 14.2 Å². The SMILES string of the molecule is C=CCN=c1scc(-c2ccccc2F)n1N=Cc1cc(Br)c(O)c(OC)c1. The zero-order valence-electron chi connectivity index (χ0n) is 15.0. The predicted molar refractivity (Wildman–Crippen MR) is 114 cm³/mol. The van der Waals surface area contributed by atoms with Gasteiger partial charge in [0, 0.05) is 10.9 Å². The lowest BCUT2D eigenvalue weighted by Gasteiger charge is -2.07. The molecule has 0 saturated carbocycles. The first kappa shape index (κ1) is 20.0. The Hall–Kier alpha value is -2.71. The molecule has 8 heteroatoms. The van der Waals surface area contributed by atoms with E-state index in [1.54, 1.807) is 47.3 Å². The summed E-state index contributed by atoms with van der Waals surface area (Å²) >= 11 is 4.65. The van der Waals surface area contributed by atoms with Gasteiger partial charge < -0.3 is 9.84 Å². The largest absolute Gasteiger partial charge is 0.503 e. The fourth-order valence-electron chi connectivity index (χ4n) is 2.46. The van der Waals surface area contributed by atoms with Crippen molar-refractivity contribution in [3.63, 3.8) is 0 Å². The molecule has 1 heterocycles. The van der Waals surface area contributed by atoms with Crippen LogP contribution < -0.4 is 9.54 Å². The Kier molecular flexibility index (Phi) is 6.43. The van der Waals surface area contributed by atoms with Crippen molar-refractivity contribution in [1.29, 1.82) is 0 Å². The van der Waals surface area contributed by atoms with E-state index < -0.39 is 0 Å². The number of hydrogen-bond acceptors (Lipinski definition) is 5. The number of rotatable bonds is 6. The standard InChI is InChI=1S/C20H17BrFN3O2S/c1-3-8-23-20-25(17(12-28-20)14-6-4-5-7-16(14)22)24-11-13-9-15(21)19(26)18(10-13)27-2/h3-7,9-12,26H,1,8H2,2H3. The molecule has 0 unspecified atom stereocenters. The van der Waals surface area contributed by atoms with Gasteiger partial charge in [-0.2, -0.15) is 5.10 Å². The number of aromatic hydroxyl groups is 1. The Morgan fingerprint density at radius 2 is 2.14 bits per heavy atom. The van der Waals surface area contributed by atoms with Crippen LogP contribution in [0.15, 0.2) is 69.0 Å². The summed E-state index contributed by atoms with van der Waals surface area (Å²) in [5.74, 6) is -0.0119. The van der Waals surface area contributed by atoms with Gasteiger partial charge in [-0.1, -0.05) is 18.2 Å². The van der Waals surface area contributed by atoms with Crippen LogP contribution in [0.2, 0.25) is 0 Å². The summed E-state index contributed by atoms with van der Waals surface area (Å²) in [6.07, 6.45) is 3.27. The average Bonchev–Trinajstić information content (AvgIpc) is 3.10. The third-order valence-electron chi connectivity index (χ3n) is 3.78. The van der Waals surface area contributed by atoms with Crippen LogP contribution in [0.1, 0.15) is 5.56 Å². The van der Waals surface area contributed by atoms with Crippen LogP contribution in [0.25, 0.3) is 11.3 Å². The number of ether oxygens (including phenoxy) is 1. The third-order valence-corrected chi connectivity index (χ3v) is 5.24. The van der Waals surface area contributed by atoms with Crippen LogP contribution in [0.4, 0.5) is 4.39 Å². The Balaban J connectivity index is 2.11. The van der Waals surface area contributed by atoms with Crippen LogP contribution in [-0.4, -0.2) is 29.7 Å². The summed E-state index contributed by atoms with van der Waals surface area (Å²) in [5.41, 5.74) is 1.71. The Labute approximate surface area is 173 Å². The Morgan fingerprint density at radius 3 is 2.86 bits per heavy atom. The molecule has 0 bridgehead atoms. The van der Waals surface area contributed by atoms with E-state index in [9.17, 15) is 9.50 Å². The van der Waals surface area contributed by atoms with E-state index in [-0.39, 0.29) is 11.6 Å². The van der Waals surface area contributed by atoms with Crippen LogP contribution in [-0.2, 0) is 0 Å². The maximum atomic E-state index is 14.3. The highest BCUT2D eigenvalue weighted by Crippen LogP contribution is 2.34. The van der Waals surface area contributed by atoms with Crippen molar-refractivity contribution in [3.05, 3.63) is 75.1 Å². The maximum absolute atomic E-state index is 14.3. The number of methoxy groups -OCH3 is 1. The summed E-state index contributed by atoms with van der Waals surface area (Å²) in [6, 6.07) is 9.87. The number of thiazole rings is 1. The number of phenolic OH excluding ortho intramolecular Hbond substituents is 1. The molecule has 0 amide bonds. The molecule has 0 radical (unpaired) electrons. The molecule has 3 rings (SSSR count). The highest BCUT2D eigenvalue weighted by Gasteiger charge is 2.12. The van der Waals surface area contributed by atoms with Crippen LogP contribution in [0, 0.1) is 5.82 Å². The van der Waals surface area contributed by atoms with Gasteiger partial charge in [0.05, 0.1) is 30.0 Å². The molecule has 0 saturated heterocycles. The molecule has 0 aliphatic carbocycles. The smallest absolute Gasteiger partial charge is 0.206 e. The second-order valence-electron chi connectivity index (χ2n) is 5.62. The molecule has 28 heavy (non-hydrogen) atoms. The second-order valence-corrected chi connectivity index (χ2v) is 7.31. The normalized spacial score (nSPS) is 11.9. The monoisotopic (exact) mass is 461 g/mol. The lowest BCUT2D eigenvalue weighted by molar-refractivity contribution is 0.372. The van der Waals surface area contributed by atoms with Gasteiger partial charge in [-0.25, -0.2) is 9.07 Å². The molecular formula is C20H17BrFN3O2S. The minimum atomic E-state index is -0.339. The minimum absolute atomic E-state index is 0.0107. The summed E-state index contributed by atoms with van der Waals surface area (Å²) in [5, 5.41) is 16.3. The van der Waals surface area contributed by atoms with E-state index in [4.69, 9.17) is 4.74 Å². The topological polar surface area (TPSA) is 59.1 Å². The van der Waals surface area contributed by atoms with Gasteiger partial charge in [-0.3, -0.25) is 4.99 Å². The lowest BCUT2D eigenvalue weighted by atomic mass is 10.1. The van der Waals surface area contributed by atoms with Gasteiger partial charge >= 0.3 is 0 Å². The van der Waals surface area contributed by atoms with Gasteiger partial charge in [-0.05, 0) is 45.8 Å². The number of hydrogen-bond donors (Lipinski definition) is 1. The maximum Gasteiger partial charge on any atom is 0.206 e. The molecule has 0 fully saturated rings. The van der Waals surface area contributed by atoms with Gasteiger partial charge in [0.25, 0.3) is 0 Å². The first-order valence-electron chi connectivity index (χ1n) is 8.22. The van der Waals surface area contributed by atoms with E-state index >= 15 is 0 Å². The average molecular weight is 462 g/mol. The lowest BCUT2D eigenvalue weighted by Crippen LogP contribution is -2.12. The van der Waals surface area contributed by atoms with Crippen LogP contribution in [0.5, 0.6) is 11.5 Å². The number of halogens is 2. The van der Waals surface area contributed by atoms with Crippen molar-refractivity contribution in [2.24, 2.45) is 10.1 Å². The van der Waals surface area contributed by atoms with Crippen molar-refractivity contribution in [2.45, 2.75) is 0 Å². The third kappa shape index (κ3) is 4.23. The zero-order valence-corrected chi connectivity index (χ0v) is 17.4. The second kappa shape index (κ2) is 8.99. The van der Waals surface area contributed by atoms with E-state index in [0.717, 1.165) is 0 Å². The first-order chi connectivity index (χ1) is 13.5. The van der Waals surface area contributed by atoms with E-state index in [1.165, 1.54) is 24.5 Å². The summed E-state index contributed by atoms with van der Waals surface area (Å²) in [6.45, 7) is 4.10. The van der Waals surface area contributed by atoms with Crippen molar-refractivity contribution in [2.75, 3.05) is 13.7 Å². The molecule has 0 aliphatic heterocycles. The highest BCUT2D eigenvalue weighted by molar-refractivity contribution is 9.10. The number of nitrogens with zero attached hydrogens (tertiary/aromatic N) is 3. The quantitative estimate of drug-likeness (QED) is 0.423. The van der Waals surface area contributed by atoms with Crippen molar-refractivity contribution in [3.8, 4) is 22.8 Å². The predicted octanol–water partition coefficient (Wildman–Crippen LogP) is 4.80. The van der Waals surface area contributed by atoms with Crippen LogP contribution >= 0.6 is 27.3 Å². The van der Waals surface area contributed by atoms with Gasteiger partial charge in [0.15, 0.2) is 11.5 Å². The fraction of sp³-hybridized carbons (Fsp3) is 0.100. The zero-order chi connectivity index (χ0) is 20.1. The summed E-state index contributed by atoms with van der Waals surface area (Å²) < 4.78 is 21.5. The van der Waals surface area contributed by atoms with Crippen molar-refractivity contribution in [1.82, 2.24) is 4.68 Å². The molecule has 1 N–H and O–H groups in total. The van der Waals surface area contributed by atoms with E-state index in [0.29, 0.717) is 38.4 Å². The van der Waals surface area contributed by atoms with Crippen LogP contribution in [0.3, 0.4) is 0 Å². The summed E-state index contributed by atoms with van der Waals surface area (Å²) in [4.78, 5) is 5.04. The molecule has 2 aromatic carbocycles. The highest BCUT2D eigenvalue weighted by atomic mass is 79.9. The van der Waals surface area contributed by atoms with Crippen molar-refractivity contribution >= 4 is 33.5 Å². The number of aromatic nitrogens is 1. The first-order valence-corrected chi connectivity index (χ1v) is 9.90. The van der Waals surface area contributed by atoms with Gasteiger partial charge in [0.1, 0.15) is 5.82 Å². The summed E-state index contributed by atoms with van der Waals surface area (Å²) in [7, 11) is 1.47. The molecule has 3 aromatic rings. The number of phenols is 1. The molecule has 5 nitrogen and oxygen atoms in total. The fourth-order valence-corrected chi connectivity index (χ4v) is 3.76. The molecule has 0 atom stereocenters. The molecular weight excluding hydrogens is 445 g/mol. The van der Waals surface area contributed by atoms with E-state index in [1.807, 2.05) is 5.38 Å².